The number of carbonyl (C=O) groups excluding carboxylic acids is 1. The van der Waals surface area contributed by atoms with Crippen molar-refractivity contribution in [3.63, 3.8) is 0 Å². The summed E-state index contributed by atoms with van der Waals surface area (Å²) >= 11 is 1.83. The first kappa shape index (κ1) is 9.53. The molecule has 3 atom stereocenters. The smallest absolute Gasteiger partial charge is 0.151 e. The molecular weight excluding hydrogens is 184 g/mol. The number of ether oxygens (including phenoxy) is 1. The minimum Gasteiger partial charge on any atom is -0.378 e. The summed E-state index contributed by atoms with van der Waals surface area (Å²) in [5.74, 6) is 1.81. The molecule has 2 saturated heterocycles. The molecule has 0 aromatic carbocycles. The van der Waals surface area contributed by atoms with Gasteiger partial charge in [-0.15, -0.1) is 0 Å². The first-order valence-electron chi connectivity index (χ1n) is 5.06. The van der Waals surface area contributed by atoms with Gasteiger partial charge in [0.2, 0.25) is 0 Å². The van der Waals surface area contributed by atoms with Crippen LogP contribution in [0.5, 0.6) is 0 Å². The molecule has 2 nitrogen and oxygen atoms in total. The van der Waals surface area contributed by atoms with Gasteiger partial charge in [-0.05, 0) is 31.9 Å². The Morgan fingerprint density at radius 1 is 1.46 bits per heavy atom. The van der Waals surface area contributed by atoms with Crippen LogP contribution in [-0.2, 0) is 9.53 Å². The maximum absolute atomic E-state index is 12.0. The summed E-state index contributed by atoms with van der Waals surface area (Å²) in [6.07, 6.45) is 3.40. The maximum Gasteiger partial charge on any atom is 0.151 e. The second-order valence-electron chi connectivity index (χ2n) is 3.88. The molecule has 3 unspecified atom stereocenters. The summed E-state index contributed by atoms with van der Waals surface area (Å²) in [5.41, 5.74) is 0. The fourth-order valence-corrected chi connectivity index (χ4v) is 3.44. The number of rotatable bonds is 2. The zero-order valence-corrected chi connectivity index (χ0v) is 8.81. The van der Waals surface area contributed by atoms with Gasteiger partial charge in [0, 0.05) is 12.5 Å². The first-order chi connectivity index (χ1) is 6.29. The van der Waals surface area contributed by atoms with Crippen molar-refractivity contribution < 1.29 is 9.53 Å². The second kappa shape index (κ2) is 4.01. The van der Waals surface area contributed by atoms with Gasteiger partial charge in [0.15, 0.2) is 5.78 Å². The van der Waals surface area contributed by atoms with E-state index in [2.05, 4.69) is 0 Å². The van der Waals surface area contributed by atoms with Crippen LogP contribution < -0.4 is 0 Å². The molecule has 0 amide bonds. The summed E-state index contributed by atoms with van der Waals surface area (Å²) in [6, 6.07) is 0. The molecule has 2 aliphatic heterocycles. The standard InChI is InChI=1S/C10H16O2S/c1-7-8(4-5-12-7)10(11)9-3-2-6-13-9/h7-9H,2-6H2,1H3. The molecule has 0 spiro atoms. The van der Waals surface area contributed by atoms with E-state index in [1.807, 2.05) is 18.7 Å². The van der Waals surface area contributed by atoms with Gasteiger partial charge in [-0.2, -0.15) is 11.8 Å². The lowest BCUT2D eigenvalue weighted by molar-refractivity contribution is -0.123. The van der Waals surface area contributed by atoms with Crippen molar-refractivity contribution in [2.75, 3.05) is 12.4 Å². The Kier molecular flexibility index (Phi) is 2.94. The third kappa shape index (κ3) is 1.91. The molecule has 0 aliphatic carbocycles. The van der Waals surface area contributed by atoms with Crippen LogP contribution in [0.2, 0.25) is 0 Å². The van der Waals surface area contributed by atoms with Gasteiger partial charge in [-0.3, -0.25) is 4.79 Å². The molecular formula is C10H16O2S. The highest BCUT2D eigenvalue weighted by Gasteiger charge is 2.36. The average molecular weight is 200 g/mol. The Balaban J connectivity index is 1.95. The summed E-state index contributed by atoms with van der Waals surface area (Å²) in [5, 5.41) is 0.286. The topological polar surface area (TPSA) is 26.3 Å². The van der Waals surface area contributed by atoms with Crippen LogP contribution in [0, 0.1) is 5.92 Å². The Labute approximate surface area is 83.4 Å². The molecule has 2 aliphatic rings. The Morgan fingerprint density at radius 3 is 2.85 bits per heavy atom. The lowest BCUT2D eigenvalue weighted by atomic mass is 9.94. The Bertz CT molecular complexity index is 199. The predicted molar refractivity (Wildman–Crippen MR) is 54.0 cm³/mol. The van der Waals surface area contributed by atoms with E-state index in [1.54, 1.807) is 0 Å². The summed E-state index contributed by atoms with van der Waals surface area (Å²) in [7, 11) is 0. The van der Waals surface area contributed by atoms with E-state index in [-0.39, 0.29) is 17.3 Å². The number of ketones is 1. The average Bonchev–Trinajstić information content (AvgIpc) is 2.72. The quantitative estimate of drug-likeness (QED) is 0.680. The van der Waals surface area contributed by atoms with Crippen LogP contribution >= 0.6 is 11.8 Å². The van der Waals surface area contributed by atoms with Crippen molar-refractivity contribution in [3.8, 4) is 0 Å². The van der Waals surface area contributed by atoms with Crippen molar-refractivity contribution >= 4 is 17.5 Å². The van der Waals surface area contributed by atoms with Crippen molar-refractivity contribution in [1.29, 1.82) is 0 Å². The first-order valence-corrected chi connectivity index (χ1v) is 6.11. The number of thioether (sulfide) groups is 1. The van der Waals surface area contributed by atoms with Crippen molar-refractivity contribution in [3.05, 3.63) is 0 Å². The Hall–Kier alpha value is -0.0200. The van der Waals surface area contributed by atoms with Crippen molar-refractivity contribution in [2.45, 2.75) is 37.5 Å². The lowest BCUT2D eigenvalue weighted by Crippen LogP contribution is -2.28. The van der Waals surface area contributed by atoms with E-state index >= 15 is 0 Å². The van der Waals surface area contributed by atoms with Gasteiger partial charge in [0.25, 0.3) is 0 Å². The molecule has 3 heteroatoms. The van der Waals surface area contributed by atoms with Gasteiger partial charge < -0.3 is 4.74 Å². The molecule has 2 fully saturated rings. The zero-order chi connectivity index (χ0) is 9.26. The minimum atomic E-state index is 0.161. The van der Waals surface area contributed by atoms with E-state index in [9.17, 15) is 4.79 Å². The van der Waals surface area contributed by atoms with Crippen LogP contribution in [-0.4, -0.2) is 29.5 Å². The number of Topliss-reactive ketones (excluding diaryl/α,β-unsaturated/α-hetero) is 1. The van der Waals surface area contributed by atoms with Gasteiger partial charge in [0.05, 0.1) is 11.4 Å². The monoisotopic (exact) mass is 200 g/mol. The van der Waals surface area contributed by atoms with Crippen molar-refractivity contribution in [2.24, 2.45) is 5.92 Å². The number of carbonyl (C=O) groups is 1. The molecule has 0 radical (unpaired) electrons. The normalized spacial score (nSPS) is 39.6. The van der Waals surface area contributed by atoms with Crippen molar-refractivity contribution in [1.82, 2.24) is 0 Å². The van der Waals surface area contributed by atoms with Gasteiger partial charge in [0.1, 0.15) is 0 Å². The Morgan fingerprint density at radius 2 is 2.31 bits per heavy atom. The summed E-state index contributed by atoms with van der Waals surface area (Å²) < 4.78 is 5.42. The van der Waals surface area contributed by atoms with E-state index < -0.39 is 0 Å². The third-order valence-corrected chi connectivity index (χ3v) is 4.38. The van der Waals surface area contributed by atoms with E-state index in [1.165, 1.54) is 12.2 Å². The second-order valence-corrected chi connectivity index (χ2v) is 5.19. The van der Waals surface area contributed by atoms with E-state index in [4.69, 9.17) is 4.74 Å². The molecule has 0 aromatic heterocycles. The van der Waals surface area contributed by atoms with Crippen LogP contribution in [0.4, 0.5) is 0 Å². The molecule has 2 heterocycles. The van der Waals surface area contributed by atoms with Gasteiger partial charge in [-0.1, -0.05) is 0 Å². The highest BCUT2D eigenvalue weighted by Crippen LogP contribution is 2.32. The van der Waals surface area contributed by atoms with E-state index in [0.29, 0.717) is 5.78 Å². The molecule has 0 saturated carbocycles. The number of hydrogen-bond donors (Lipinski definition) is 0. The molecule has 74 valence electrons. The summed E-state index contributed by atoms with van der Waals surface area (Å²) in [4.78, 5) is 12.0. The molecule has 0 bridgehead atoms. The van der Waals surface area contributed by atoms with Gasteiger partial charge >= 0.3 is 0 Å². The highest BCUT2D eigenvalue weighted by molar-refractivity contribution is 8.00. The highest BCUT2D eigenvalue weighted by atomic mass is 32.2. The van der Waals surface area contributed by atoms with E-state index in [0.717, 1.165) is 19.4 Å². The third-order valence-electron chi connectivity index (χ3n) is 2.99. The molecule has 0 N–H and O–H groups in total. The van der Waals surface area contributed by atoms with Crippen LogP contribution in [0.3, 0.4) is 0 Å². The fraction of sp³-hybridized carbons (Fsp3) is 0.900. The van der Waals surface area contributed by atoms with Gasteiger partial charge in [-0.25, -0.2) is 0 Å². The lowest BCUT2D eigenvalue weighted by Gasteiger charge is -2.16. The predicted octanol–water partition coefficient (Wildman–Crippen LogP) is 1.88. The zero-order valence-electron chi connectivity index (χ0n) is 7.99. The molecule has 0 aromatic rings. The summed E-state index contributed by atoms with van der Waals surface area (Å²) in [6.45, 7) is 2.80. The number of hydrogen-bond acceptors (Lipinski definition) is 3. The maximum atomic E-state index is 12.0. The van der Waals surface area contributed by atoms with Crippen LogP contribution in [0.25, 0.3) is 0 Å². The SMILES string of the molecule is CC1OCCC1C(=O)C1CCCS1. The minimum absolute atomic E-state index is 0.161. The fourth-order valence-electron chi connectivity index (χ4n) is 2.15. The molecule has 13 heavy (non-hydrogen) atoms. The van der Waals surface area contributed by atoms with Crippen LogP contribution in [0.1, 0.15) is 26.2 Å². The van der Waals surface area contributed by atoms with Crippen LogP contribution in [0.15, 0.2) is 0 Å². The molecule has 2 rings (SSSR count). The largest absolute Gasteiger partial charge is 0.378 e.